The van der Waals surface area contributed by atoms with E-state index in [9.17, 15) is 4.79 Å². The summed E-state index contributed by atoms with van der Waals surface area (Å²) in [7, 11) is -4.50. The van der Waals surface area contributed by atoms with E-state index >= 15 is 4.79 Å². The van der Waals surface area contributed by atoms with Gasteiger partial charge in [-0.3, -0.25) is 4.79 Å². The summed E-state index contributed by atoms with van der Waals surface area (Å²) < 4.78 is 41.6. The molecular weight excluding hydrogens is 943 g/mol. The van der Waals surface area contributed by atoms with Crippen LogP contribution in [0.3, 0.4) is 0 Å². The Balaban J connectivity index is 1.32. The molecule has 0 aliphatic carbocycles. The molecule has 2 saturated heterocycles. The van der Waals surface area contributed by atoms with Crippen LogP contribution in [0, 0.1) is 5.92 Å². The molecule has 9 nitrogen and oxygen atoms in total. The van der Waals surface area contributed by atoms with E-state index in [-0.39, 0.29) is 24.2 Å². The summed E-state index contributed by atoms with van der Waals surface area (Å²) in [4.78, 5) is 30.1. The molecule has 0 bridgehead atoms. The molecule has 7 rings (SSSR count). The molecule has 6 atom stereocenters. The predicted molar refractivity (Wildman–Crippen MR) is 297 cm³/mol. The summed E-state index contributed by atoms with van der Waals surface area (Å²) in [5.74, 6) is -0.184. The maximum Gasteiger partial charge on any atom is 0.416 e. The monoisotopic (exact) mass is 1020 g/mol. The van der Waals surface area contributed by atoms with Crippen LogP contribution in [0.1, 0.15) is 102 Å². The first-order valence-corrected chi connectivity index (χ1v) is 32.0. The Hall–Kier alpha value is -5.41. The number of benzene rings is 5. The van der Waals surface area contributed by atoms with Gasteiger partial charge in [0.05, 0.1) is 30.8 Å². The van der Waals surface area contributed by atoms with Gasteiger partial charge in [-0.25, -0.2) is 9.69 Å². The number of hydrogen-bond acceptors (Lipinski definition) is 8. The van der Waals surface area contributed by atoms with Crippen molar-refractivity contribution in [2.45, 2.75) is 146 Å². The van der Waals surface area contributed by atoms with E-state index in [2.05, 4.69) is 104 Å². The van der Waals surface area contributed by atoms with E-state index in [0.717, 1.165) is 51.7 Å². The zero-order valence-corrected chi connectivity index (χ0v) is 46.8. The maximum absolute atomic E-state index is 15.1. The van der Waals surface area contributed by atoms with Crippen molar-refractivity contribution >= 4 is 28.6 Å². The van der Waals surface area contributed by atoms with Gasteiger partial charge in [-0.2, -0.15) is 0 Å². The molecule has 0 N–H and O–H groups in total. The lowest BCUT2D eigenvalue weighted by molar-refractivity contribution is -0.136. The smallest absolute Gasteiger partial charge is 0.416 e. The molecule has 2 aliphatic heterocycles. The van der Waals surface area contributed by atoms with Gasteiger partial charge in [0.2, 0.25) is 14.2 Å². The Morgan fingerprint density at radius 1 is 0.795 bits per heavy atom. The van der Waals surface area contributed by atoms with Crippen molar-refractivity contribution in [2.75, 3.05) is 13.2 Å². The second-order valence-electron chi connectivity index (χ2n) is 21.2. The molecule has 0 spiro atoms. The predicted octanol–water partition coefficient (Wildman–Crippen LogP) is 14.8. The van der Waals surface area contributed by atoms with Crippen molar-refractivity contribution in [3.05, 3.63) is 198 Å². The Morgan fingerprint density at radius 3 is 1.82 bits per heavy atom. The fourth-order valence-electron chi connectivity index (χ4n) is 10.1. The largest absolute Gasteiger partial charge is 0.544 e. The van der Waals surface area contributed by atoms with E-state index in [1.165, 1.54) is 4.90 Å². The van der Waals surface area contributed by atoms with Crippen molar-refractivity contribution in [3.63, 3.8) is 0 Å². The summed E-state index contributed by atoms with van der Waals surface area (Å²) in [5.41, 5.74) is 2.76. The first kappa shape index (κ1) is 55.3. The van der Waals surface area contributed by atoms with Crippen molar-refractivity contribution in [3.8, 4) is 5.75 Å². The molecule has 5 aromatic rings. The lowest BCUT2D eigenvalue weighted by Crippen LogP contribution is -2.50. The first-order valence-electron chi connectivity index (χ1n) is 26.5. The number of imide groups is 1. The average molecular weight is 1020 g/mol. The van der Waals surface area contributed by atoms with Crippen molar-refractivity contribution in [1.29, 1.82) is 0 Å². The number of rotatable bonds is 24. The molecule has 0 radical (unpaired) electrons. The minimum Gasteiger partial charge on any atom is -0.544 e. The molecule has 2 heterocycles. The third-order valence-electron chi connectivity index (χ3n) is 15.8. The Labute approximate surface area is 438 Å². The molecule has 2 fully saturated rings. The second-order valence-corrected chi connectivity index (χ2v) is 30.6. The zero-order valence-electron chi connectivity index (χ0n) is 44.8. The third kappa shape index (κ3) is 12.4. The van der Waals surface area contributed by atoms with E-state index in [0.29, 0.717) is 25.7 Å². The second kappa shape index (κ2) is 24.3. The van der Waals surface area contributed by atoms with Crippen molar-refractivity contribution in [2.24, 2.45) is 5.92 Å². The average Bonchev–Trinajstić information content (AvgIpc) is 3.95. The van der Waals surface area contributed by atoms with E-state index in [1.807, 2.05) is 128 Å². The van der Waals surface area contributed by atoms with Crippen LogP contribution in [-0.4, -0.2) is 70.6 Å². The highest BCUT2D eigenvalue weighted by Crippen LogP contribution is 2.47. The highest BCUT2D eigenvalue weighted by Gasteiger charge is 2.50. The summed E-state index contributed by atoms with van der Waals surface area (Å²) >= 11 is 0. The van der Waals surface area contributed by atoms with Gasteiger partial charge in [0.1, 0.15) is 23.6 Å². The maximum atomic E-state index is 15.1. The van der Waals surface area contributed by atoms with Crippen LogP contribution in [0.25, 0.3) is 0 Å². The molecule has 2 aliphatic rings. The van der Waals surface area contributed by atoms with E-state index < -0.39 is 64.4 Å². The van der Waals surface area contributed by atoms with E-state index in [1.54, 1.807) is 0 Å². The van der Waals surface area contributed by atoms with Gasteiger partial charge < -0.3 is 27.8 Å². The summed E-state index contributed by atoms with van der Waals surface area (Å²) in [6.45, 7) is 24.3. The number of nitrogens with zero attached hydrogens (tertiary/aromatic N) is 1. The fraction of sp³-hybridized carbons (Fsp3) is 0.419. The minimum atomic E-state index is -2.40. The number of cyclic esters (lactones) is 1. The van der Waals surface area contributed by atoms with Gasteiger partial charge in [0.15, 0.2) is 14.6 Å². The molecule has 5 aromatic carbocycles. The lowest BCUT2D eigenvalue weighted by Gasteiger charge is -2.38. The number of ether oxygens (including phenoxy) is 4. The minimum absolute atomic E-state index is 0.0343. The van der Waals surface area contributed by atoms with Crippen molar-refractivity contribution < 1.29 is 37.4 Å². The number of carbonyl (C=O) groups excluding carboxylic acids is 2. The highest BCUT2D eigenvalue weighted by atomic mass is 28.4. The van der Waals surface area contributed by atoms with E-state index in [4.69, 9.17) is 27.8 Å². The molecular formula is C62H79NO8Si2. The molecule has 73 heavy (non-hydrogen) atoms. The van der Waals surface area contributed by atoms with Gasteiger partial charge >= 0.3 is 6.09 Å². The Bertz CT molecular complexity index is 2460. The highest BCUT2D eigenvalue weighted by molar-refractivity contribution is 6.74. The lowest BCUT2D eigenvalue weighted by atomic mass is 9.80. The Kier molecular flexibility index (Phi) is 18.4. The van der Waals surface area contributed by atoms with Gasteiger partial charge in [0, 0.05) is 12.0 Å². The van der Waals surface area contributed by atoms with Gasteiger partial charge in [-0.15, -0.1) is 6.58 Å². The topological polar surface area (TPSA) is 92.8 Å². The third-order valence-corrected chi connectivity index (χ3v) is 24.8. The van der Waals surface area contributed by atoms with Gasteiger partial charge in [-0.1, -0.05) is 200 Å². The van der Waals surface area contributed by atoms with Gasteiger partial charge in [0.25, 0.3) is 0 Å². The SMILES string of the molecule is C=CC[C@H]1O[C@@H](c2ccc(O[Si](C)(C)C(C)(C)C)cc2)O[C@@]1(/C=C/[C@H](O[Si](CC)(CC)CC)[C@@H](CC)C(=O)N1C(=O)OC[C@H]1Cc1ccccc1)CCOC(c1ccccc1)(c1ccccc1)c1ccccc1. The number of amides is 2. The molecule has 0 unspecified atom stereocenters. The number of carbonyl (C=O) groups is 2. The van der Waals surface area contributed by atoms with Crippen LogP contribution < -0.4 is 4.43 Å². The van der Waals surface area contributed by atoms with Crippen LogP contribution in [0.2, 0.25) is 36.3 Å². The molecule has 0 aromatic heterocycles. The number of hydrogen-bond donors (Lipinski definition) is 0. The summed E-state index contributed by atoms with van der Waals surface area (Å²) in [6.07, 6.45) is 5.18. The van der Waals surface area contributed by atoms with Crippen LogP contribution in [0.5, 0.6) is 5.75 Å². The van der Waals surface area contributed by atoms with Crippen LogP contribution in [-0.2, 0) is 40.2 Å². The first-order chi connectivity index (χ1) is 35.1. The molecule has 2 amide bonds. The standard InChI is InChI=1S/C62H79NO8Si2/c1-11-28-56-61(69-58(68-56)48-37-39-53(40-38-48)70-72(9,10)60(6,7)8,43-44-67-62(49-31-22-17-23-32-49,50-33-24-18-25-34-50)51-35-26-19-27-36-51)42-41-55(71-73(13-3,14-4)15-5)54(12-2)57(64)63-52(46-66-59(63)65)45-47-29-20-16-21-30-47/h11,16-27,29-42,52,54-56,58H,1,12-15,28,43-46H2,2-10H3/b42-41+/t52-,54-,55+,56-,58-,61+/m1/s1. The normalized spacial score (nSPS) is 20.5. The Morgan fingerprint density at radius 2 is 1.33 bits per heavy atom. The summed E-state index contributed by atoms with van der Waals surface area (Å²) in [5, 5.41) is 0.0343. The molecule has 388 valence electrons. The molecule has 11 heteroatoms. The van der Waals surface area contributed by atoms with Crippen LogP contribution >= 0.6 is 0 Å². The van der Waals surface area contributed by atoms with Crippen LogP contribution in [0.4, 0.5) is 4.79 Å². The van der Waals surface area contributed by atoms with Gasteiger partial charge in [-0.05, 0) is 89.9 Å². The van der Waals surface area contributed by atoms with Crippen LogP contribution in [0.15, 0.2) is 170 Å². The fourth-order valence-corrected chi connectivity index (χ4v) is 14.0. The zero-order chi connectivity index (χ0) is 52.3. The molecule has 0 saturated carbocycles. The van der Waals surface area contributed by atoms with Crippen molar-refractivity contribution in [1.82, 2.24) is 4.90 Å². The summed E-state index contributed by atoms with van der Waals surface area (Å²) in [6, 6.07) is 51.3. The quantitative estimate of drug-likeness (QED) is 0.0343.